The number of halogens is 1. The molecular weight excluding hydrogens is 414 g/mol. The lowest BCUT2D eigenvalue weighted by atomic mass is 9.95. The lowest BCUT2D eigenvalue weighted by Crippen LogP contribution is -2.29. The number of carbonyl (C=O) groups excluding carboxylic acids is 2. The van der Waals surface area contributed by atoms with Gasteiger partial charge in [-0.05, 0) is 23.1 Å². The number of hydrogen-bond donors (Lipinski definition) is 1. The van der Waals surface area contributed by atoms with Crippen molar-refractivity contribution in [2.75, 3.05) is 17.3 Å². The highest BCUT2D eigenvalue weighted by Gasteiger charge is 2.35. The Morgan fingerprint density at radius 1 is 1.17 bits per heavy atom. The molecule has 29 heavy (non-hydrogen) atoms. The zero-order chi connectivity index (χ0) is 20.7. The molecule has 0 radical (unpaired) electrons. The Labute approximate surface area is 175 Å². The van der Waals surface area contributed by atoms with Crippen molar-refractivity contribution in [3.63, 3.8) is 0 Å². The second-order valence-electron chi connectivity index (χ2n) is 6.68. The van der Waals surface area contributed by atoms with E-state index in [0.29, 0.717) is 28.7 Å². The molecule has 0 spiro atoms. The third-order valence-corrected chi connectivity index (χ3v) is 6.27. The summed E-state index contributed by atoms with van der Waals surface area (Å²) in [5.74, 6) is -1.23. The summed E-state index contributed by atoms with van der Waals surface area (Å²) in [4.78, 5) is 37.9. The van der Waals surface area contributed by atoms with Gasteiger partial charge in [0.25, 0.3) is 5.91 Å². The largest absolute Gasteiger partial charge is 0.477 e. The average Bonchev–Trinajstić information content (AvgIpc) is 3.32. The number of hydrogen-bond acceptors (Lipinski definition) is 5. The topological polar surface area (TPSA) is 83.9 Å². The van der Waals surface area contributed by atoms with Crippen LogP contribution in [-0.2, 0) is 4.79 Å². The highest BCUT2D eigenvalue weighted by Crippen LogP contribution is 2.46. The fourth-order valence-electron chi connectivity index (χ4n) is 3.67. The Kier molecular flexibility index (Phi) is 5.02. The SMILES string of the molecule is CC(=O)Oc1cc2c(c3ccccc13)C(CCl)CN2C(=O)c1ccc(C(=O)O)s1. The van der Waals surface area contributed by atoms with Gasteiger partial charge in [0.15, 0.2) is 0 Å². The summed E-state index contributed by atoms with van der Waals surface area (Å²) >= 11 is 7.15. The van der Waals surface area contributed by atoms with Gasteiger partial charge >= 0.3 is 11.9 Å². The molecule has 6 nitrogen and oxygen atoms in total. The van der Waals surface area contributed by atoms with Crippen molar-refractivity contribution in [2.24, 2.45) is 0 Å². The first-order valence-corrected chi connectivity index (χ1v) is 10.2. The van der Waals surface area contributed by atoms with Crippen LogP contribution >= 0.6 is 22.9 Å². The molecule has 1 atom stereocenters. The summed E-state index contributed by atoms with van der Waals surface area (Å²) in [7, 11) is 0. The molecule has 0 bridgehead atoms. The van der Waals surface area contributed by atoms with E-state index in [1.165, 1.54) is 19.1 Å². The number of anilines is 1. The smallest absolute Gasteiger partial charge is 0.345 e. The number of carbonyl (C=O) groups is 3. The van der Waals surface area contributed by atoms with E-state index in [1.807, 2.05) is 24.3 Å². The first-order chi connectivity index (χ1) is 13.9. The van der Waals surface area contributed by atoms with Gasteiger partial charge in [-0.25, -0.2) is 4.79 Å². The van der Waals surface area contributed by atoms with Crippen molar-refractivity contribution < 1.29 is 24.2 Å². The summed E-state index contributed by atoms with van der Waals surface area (Å²) in [6, 6.07) is 12.1. The summed E-state index contributed by atoms with van der Waals surface area (Å²) in [5.41, 5.74) is 1.55. The molecule has 2 heterocycles. The Morgan fingerprint density at radius 3 is 2.48 bits per heavy atom. The Morgan fingerprint density at radius 2 is 1.86 bits per heavy atom. The fraction of sp³-hybridized carbons (Fsp3) is 0.190. The van der Waals surface area contributed by atoms with Crippen molar-refractivity contribution in [3.05, 3.63) is 57.8 Å². The first kappa shape index (κ1) is 19.4. The van der Waals surface area contributed by atoms with Crippen LogP contribution in [-0.4, -0.2) is 35.4 Å². The number of benzene rings is 2. The molecule has 0 saturated carbocycles. The molecule has 1 aromatic heterocycles. The number of carboxylic acids is 1. The van der Waals surface area contributed by atoms with E-state index in [9.17, 15) is 14.4 Å². The van der Waals surface area contributed by atoms with Gasteiger partial charge < -0.3 is 14.7 Å². The number of nitrogens with zero attached hydrogens (tertiary/aromatic N) is 1. The number of ether oxygens (including phenoxy) is 1. The maximum atomic E-state index is 13.2. The summed E-state index contributed by atoms with van der Waals surface area (Å²) in [6.45, 7) is 1.69. The van der Waals surface area contributed by atoms with E-state index in [-0.39, 0.29) is 16.7 Å². The number of amides is 1. The number of aromatic carboxylic acids is 1. The van der Waals surface area contributed by atoms with Crippen LogP contribution in [0.5, 0.6) is 5.75 Å². The van der Waals surface area contributed by atoms with Crippen molar-refractivity contribution in [1.82, 2.24) is 0 Å². The molecule has 1 unspecified atom stereocenters. The standard InChI is InChI=1S/C21H16ClNO5S/c1-11(24)28-16-8-15-19(14-5-3-2-4-13(14)16)12(9-22)10-23(15)20(25)17-6-7-18(29-17)21(26)27/h2-8,12H,9-10H2,1H3,(H,26,27). The average molecular weight is 430 g/mol. The van der Waals surface area contributed by atoms with Crippen LogP contribution < -0.4 is 9.64 Å². The minimum atomic E-state index is -1.07. The van der Waals surface area contributed by atoms with E-state index in [4.69, 9.17) is 21.4 Å². The normalized spacial score (nSPS) is 15.4. The molecule has 3 aromatic rings. The predicted molar refractivity (Wildman–Crippen MR) is 112 cm³/mol. The molecule has 2 aromatic carbocycles. The Hall–Kier alpha value is -2.90. The van der Waals surface area contributed by atoms with Crippen molar-refractivity contribution in [1.29, 1.82) is 0 Å². The van der Waals surface area contributed by atoms with Crippen molar-refractivity contribution in [3.8, 4) is 5.75 Å². The van der Waals surface area contributed by atoms with E-state index >= 15 is 0 Å². The van der Waals surface area contributed by atoms with Crippen LogP contribution in [0, 0.1) is 0 Å². The molecule has 148 valence electrons. The molecule has 0 aliphatic carbocycles. The molecule has 1 amide bonds. The maximum Gasteiger partial charge on any atom is 0.345 e. The highest BCUT2D eigenvalue weighted by atomic mass is 35.5. The number of esters is 1. The lowest BCUT2D eigenvalue weighted by molar-refractivity contribution is -0.131. The predicted octanol–water partition coefficient (Wildman–Crippen LogP) is 4.51. The van der Waals surface area contributed by atoms with Crippen molar-refractivity contribution >= 4 is 57.2 Å². The van der Waals surface area contributed by atoms with Gasteiger partial charge in [-0.15, -0.1) is 22.9 Å². The van der Waals surface area contributed by atoms with E-state index in [2.05, 4.69) is 0 Å². The Balaban J connectivity index is 1.86. The minimum Gasteiger partial charge on any atom is -0.477 e. The lowest BCUT2D eigenvalue weighted by Gasteiger charge is -2.18. The molecule has 8 heteroatoms. The molecule has 1 aliphatic heterocycles. The van der Waals surface area contributed by atoms with Crippen LogP contribution in [0.4, 0.5) is 5.69 Å². The molecular formula is C21H16ClNO5S. The number of thiophene rings is 1. The highest BCUT2D eigenvalue weighted by molar-refractivity contribution is 7.16. The number of alkyl halides is 1. The first-order valence-electron chi connectivity index (χ1n) is 8.85. The van der Waals surface area contributed by atoms with Gasteiger partial charge in [0.1, 0.15) is 10.6 Å². The summed E-state index contributed by atoms with van der Waals surface area (Å²) in [5, 5.41) is 10.8. The van der Waals surface area contributed by atoms with Crippen LogP contribution in [0.15, 0.2) is 42.5 Å². The number of carboxylic acid groups (broad SMARTS) is 1. The summed E-state index contributed by atoms with van der Waals surface area (Å²) in [6.07, 6.45) is 0. The van der Waals surface area contributed by atoms with Crippen LogP contribution in [0.2, 0.25) is 0 Å². The van der Waals surface area contributed by atoms with Gasteiger partial charge in [-0.3, -0.25) is 9.59 Å². The van der Waals surface area contributed by atoms with Crippen LogP contribution in [0.1, 0.15) is 37.7 Å². The van der Waals surface area contributed by atoms with E-state index in [1.54, 1.807) is 11.0 Å². The third kappa shape index (κ3) is 3.36. The monoisotopic (exact) mass is 429 g/mol. The van der Waals surface area contributed by atoms with Crippen LogP contribution in [0.25, 0.3) is 10.8 Å². The zero-order valence-electron chi connectivity index (χ0n) is 15.3. The quantitative estimate of drug-likeness (QED) is 0.375. The van der Waals surface area contributed by atoms with Gasteiger partial charge in [-0.1, -0.05) is 24.3 Å². The van der Waals surface area contributed by atoms with E-state index in [0.717, 1.165) is 27.7 Å². The summed E-state index contributed by atoms with van der Waals surface area (Å²) < 4.78 is 5.41. The number of fused-ring (bicyclic) bond motifs is 3. The van der Waals surface area contributed by atoms with Gasteiger partial charge in [0.05, 0.1) is 10.6 Å². The third-order valence-electron chi connectivity index (χ3n) is 4.84. The second-order valence-corrected chi connectivity index (χ2v) is 8.08. The van der Waals surface area contributed by atoms with Crippen LogP contribution in [0.3, 0.4) is 0 Å². The maximum absolute atomic E-state index is 13.2. The molecule has 1 N–H and O–H groups in total. The van der Waals surface area contributed by atoms with Gasteiger partial charge in [0, 0.05) is 36.7 Å². The molecule has 0 fully saturated rings. The van der Waals surface area contributed by atoms with E-state index < -0.39 is 11.9 Å². The van der Waals surface area contributed by atoms with Gasteiger partial charge in [0.2, 0.25) is 0 Å². The molecule has 4 rings (SSSR count). The Bertz CT molecular complexity index is 1160. The fourth-order valence-corrected chi connectivity index (χ4v) is 4.72. The molecule has 1 aliphatic rings. The zero-order valence-corrected chi connectivity index (χ0v) is 16.9. The number of rotatable bonds is 4. The minimum absolute atomic E-state index is 0.0919. The van der Waals surface area contributed by atoms with Crippen molar-refractivity contribution in [2.45, 2.75) is 12.8 Å². The second kappa shape index (κ2) is 7.50. The molecule has 0 saturated heterocycles. The van der Waals surface area contributed by atoms with Gasteiger partial charge in [-0.2, -0.15) is 0 Å².